The van der Waals surface area contributed by atoms with E-state index in [9.17, 15) is 13.2 Å². The summed E-state index contributed by atoms with van der Waals surface area (Å²) in [5, 5.41) is 3.46. The number of benzene rings is 2. The van der Waals surface area contributed by atoms with Crippen molar-refractivity contribution in [1.82, 2.24) is 0 Å². The van der Waals surface area contributed by atoms with E-state index in [-0.39, 0.29) is 0 Å². The Morgan fingerprint density at radius 3 is 2.00 bits per heavy atom. The third-order valence-electron chi connectivity index (χ3n) is 3.92. The largest absolute Gasteiger partial charge is 0.324 e. The smallest absolute Gasteiger partial charge is 0.248 e. The fraction of sp³-hybridized carbons (Fsp3) is 0.316. The summed E-state index contributed by atoms with van der Waals surface area (Å²) in [4.78, 5) is 12.9. The van der Waals surface area contributed by atoms with Crippen molar-refractivity contribution in [1.29, 1.82) is 0 Å². The zero-order chi connectivity index (χ0) is 20.4. The molecule has 0 heterocycles. The van der Waals surface area contributed by atoms with E-state index in [0.29, 0.717) is 27.8 Å². The van der Waals surface area contributed by atoms with Gasteiger partial charge in [-0.1, -0.05) is 36.2 Å². The number of hydrogen-bond acceptors (Lipinski definition) is 3. The number of nitrogens with zero attached hydrogens (tertiary/aromatic N) is 1. The number of sulfonamides is 1. The molecule has 5 nitrogen and oxygen atoms in total. The van der Waals surface area contributed by atoms with Crippen LogP contribution in [0.2, 0.25) is 10.0 Å². The Balaban J connectivity index is 2.44. The molecule has 2 rings (SSSR count). The van der Waals surface area contributed by atoms with Crippen molar-refractivity contribution < 1.29 is 13.2 Å². The van der Waals surface area contributed by atoms with Crippen molar-refractivity contribution in [2.75, 3.05) is 15.9 Å². The van der Waals surface area contributed by atoms with Gasteiger partial charge in [-0.3, -0.25) is 9.10 Å². The SMILES string of the molecule is CC[C@H](C(=O)Nc1cc(Cl)cc(Cl)c1)N(c1cc(C)cc(C)c1)S(C)(=O)=O. The van der Waals surface area contributed by atoms with Crippen molar-refractivity contribution in [2.45, 2.75) is 33.2 Å². The summed E-state index contributed by atoms with van der Waals surface area (Å²) in [5.41, 5.74) is 2.69. The summed E-state index contributed by atoms with van der Waals surface area (Å²) in [7, 11) is -3.70. The van der Waals surface area contributed by atoms with Gasteiger partial charge >= 0.3 is 0 Å². The first-order valence-electron chi connectivity index (χ1n) is 8.36. The summed E-state index contributed by atoms with van der Waals surface area (Å²) < 4.78 is 26.2. The molecule has 0 aliphatic rings. The molecule has 146 valence electrons. The molecule has 0 fully saturated rings. The first kappa shape index (κ1) is 21.5. The average molecular weight is 429 g/mol. The van der Waals surface area contributed by atoms with E-state index in [1.54, 1.807) is 37.3 Å². The van der Waals surface area contributed by atoms with Gasteiger partial charge in [-0.2, -0.15) is 0 Å². The van der Waals surface area contributed by atoms with Crippen LogP contribution in [0.25, 0.3) is 0 Å². The zero-order valence-electron chi connectivity index (χ0n) is 15.6. The van der Waals surface area contributed by atoms with E-state index in [4.69, 9.17) is 23.2 Å². The predicted molar refractivity (Wildman–Crippen MR) is 112 cm³/mol. The molecule has 2 aromatic rings. The highest BCUT2D eigenvalue weighted by atomic mass is 35.5. The lowest BCUT2D eigenvalue weighted by molar-refractivity contribution is -0.117. The van der Waals surface area contributed by atoms with Gasteiger partial charge in [0.15, 0.2) is 0 Å². The highest BCUT2D eigenvalue weighted by molar-refractivity contribution is 7.92. The van der Waals surface area contributed by atoms with Crippen LogP contribution in [0.3, 0.4) is 0 Å². The van der Waals surface area contributed by atoms with Gasteiger partial charge in [-0.25, -0.2) is 8.42 Å². The van der Waals surface area contributed by atoms with Crippen LogP contribution in [0.5, 0.6) is 0 Å². The second kappa shape index (κ2) is 8.50. The molecule has 0 bridgehead atoms. The number of anilines is 2. The molecule has 1 atom stereocenters. The van der Waals surface area contributed by atoms with Crippen LogP contribution in [-0.4, -0.2) is 26.6 Å². The van der Waals surface area contributed by atoms with Crippen LogP contribution < -0.4 is 9.62 Å². The third kappa shape index (κ3) is 5.61. The molecule has 0 spiro atoms. The molecule has 0 aromatic heterocycles. The molecular formula is C19H22Cl2N2O3S. The van der Waals surface area contributed by atoms with E-state index in [2.05, 4.69) is 5.32 Å². The van der Waals surface area contributed by atoms with E-state index in [0.717, 1.165) is 21.7 Å². The topological polar surface area (TPSA) is 66.5 Å². The summed E-state index contributed by atoms with van der Waals surface area (Å²) in [6.45, 7) is 5.52. The normalized spacial score (nSPS) is 12.5. The van der Waals surface area contributed by atoms with Gasteiger partial charge in [0.05, 0.1) is 11.9 Å². The third-order valence-corrected chi connectivity index (χ3v) is 5.54. The molecule has 0 saturated heterocycles. The minimum atomic E-state index is -3.70. The van der Waals surface area contributed by atoms with Crippen molar-refractivity contribution in [3.05, 3.63) is 57.6 Å². The summed E-state index contributed by atoms with van der Waals surface area (Å²) in [6.07, 6.45) is 1.39. The number of carbonyl (C=O) groups excluding carboxylic acids is 1. The summed E-state index contributed by atoms with van der Waals surface area (Å²) in [6, 6.07) is 9.19. The second-order valence-electron chi connectivity index (χ2n) is 6.48. The van der Waals surface area contributed by atoms with Crippen molar-refractivity contribution >= 4 is 50.5 Å². The monoisotopic (exact) mass is 428 g/mol. The lowest BCUT2D eigenvalue weighted by atomic mass is 10.1. The van der Waals surface area contributed by atoms with Gasteiger partial charge in [0.1, 0.15) is 6.04 Å². The quantitative estimate of drug-likeness (QED) is 0.718. The van der Waals surface area contributed by atoms with Gasteiger partial charge in [-0.15, -0.1) is 0 Å². The number of amides is 1. The van der Waals surface area contributed by atoms with E-state index in [1.165, 1.54) is 0 Å². The maximum Gasteiger partial charge on any atom is 0.248 e. The van der Waals surface area contributed by atoms with Gasteiger partial charge in [0, 0.05) is 15.7 Å². The van der Waals surface area contributed by atoms with Crippen LogP contribution in [0.15, 0.2) is 36.4 Å². The van der Waals surface area contributed by atoms with E-state index >= 15 is 0 Å². The number of carbonyl (C=O) groups is 1. The number of aryl methyl sites for hydroxylation is 2. The Labute approximate surface area is 170 Å². The molecule has 27 heavy (non-hydrogen) atoms. The Morgan fingerprint density at radius 1 is 1.04 bits per heavy atom. The van der Waals surface area contributed by atoms with Gasteiger partial charge in [0.25, 0.3) is 0 Å². The highest BCUT2D eigenvalue weighted by Gasteiger charge is 2.31. The molecule has 0 saturated carbocycles. The van der Waals surface area contributed by atoms with Crippen molar-refractivity contribution in [2.24, 2.45) is 0 Å². The maximum absolute atomic E-state index is 12.9. The average Bonchev–Trinajstić information content (AvgIpc) is 2.48. The van der Waals surface area contributed by atoms with Crippen LogP contribution in [0.1, 0.15) is 24.5 Å². The van der Waals surface area contributed by atoms with E-state index in [1.807, 2.05) is 19.9 Å². The molecule has 1 amide bonds. The number of nitrogens with one attached hydrogen (secondary N) is 1. The van der Waals surface area contributed by atoms with E-state index < -0.39 is 22.0 Å². The van der Waals surface area contributed by atoms with Crippen LogP contribution in [0, 0.1) is 13.8 Å². The van der Waals surface area contributed by atoms with Crippen LogP contribution in [0.4, 0.5) is 11.4 Å². The van der Waals surface area contributed by atoms with Crippen molar-refractivity contribution in [3.63, 3.8) is 0 Å². The summed E-state index contributed by atoms with van der Waals surface area (Å²) in [5.74, 6) is -0.458. The highest BCUT2D eigenvalue weighted by Crippen LogP contribution is 2.27. The van der Waals surface area contributed by atoms with Crippen molar-refractivity contribution in [3.8, 4) is 0 Å². The molecule has 0 radical (unpaired) electrons. The van der Waals surface area contributed by atoms with Gasteiger partial charge < -0.3 is 5.32 Å². The predicted octanol–water partition coefficient (Wildman–Crippen LogP) is 4.79. The Bertz CT molecular complexity index is 921. The molecule has 0 unspecified atom stereocenters. The van der Waals surface area contributed by atoms with Crippen LogP contribution in [-0.2, 0) is 14.8 Å². The number of halogens is 2. The Kier molecular flexibility index (Phi) is 6.78. The molecule has 0 aliphatic heterocycles. The minimum absolute atomic E-state index is 0.292. The second-order valence-corrected chi connectivity index (χ2v) is 9.21. The lowest BCUT2D eigenvalue weighted by Gasteiger charge is -2.30. The lowest BCUT2D eigenvalue weighted by Crippen LogP contribution is -2.47. The minimum Gasteiger partial charge on any atom is -0.324 e. The zero-order valence-corrected chi connectivity index (χ0v) is 17.9. The molecular weight excluding hydrogens is 407 g/mol. The molecule has 2 aromatic carbocycles. The Morgan fingerprint density at radius 2 is 1.56 bits per heavy atom. The summed E-state index contributed by atoms with van der Waals surface area (Å²) >= 11 is 11.9. The molecule has 0 aliphatic carbocycles. The standard InChI is InChI=1S/C19H22Cl2N2O3S/c1-5-18(19(24)22-16-10-14(20)9-15(21)11-16)23(27(4,25)26)17-7-12(2)6-13(3)8-17/h6-11,18H,5H2,1-4H3,(H,22,24)/t18-/m1/s1. The van der Waals surface area contributed by atoms with Gasteiger partial charge in [0.2, 0.25) is 15.9 Å². The first-order chi connectivity index (χ1) is 12.5. The fourth-order valence-electron chi connectivity index (χ4n) is 2.99. The van der Waals surface area contributed by atoms with Crippen LogP contribution >= 0.6 is 23.2 Å². The fourth-order valence-corrected chi connectivity index (χ4v) is 4.71. The molecule has 8 heteroatoms. The van der Waals surface area contributed by atoms with Gasteiger partial charge in [-0.05, 0) is 61.7 Å². The maximum atomic E-state index is 12.9. The first-order valence-corrected chi connectivity index (χ1v) is 11.0. The molecule has 1 N–H and O–H groups in total. The number of rotatable bonds is 6. The Hall–Kier alpha value is -1.76. The number of hydrogen-bond donors (Lipinski definition) is 1.